The highest BCUT2D eigenvalue weighted by molar-refractivity contribution is 5.72. The fraction of sp³-hybridized carbons (Fsp3) is 0.917. The first-order chi connectivity index (χ1) is 8.13. The van der Waals surface area contributed by atoms with Crippen LogP contribution in [0, 0.1) is 5.92 Å². The molecule has 1 N–H and O–H groups in total. The molecule has 1 aliphatic heterocycles. The smallest absolute Gasteiger partial charge is 0.334 e. The average Bonchev–Trinajstić information content (AvgIpc) is 2.29. The van der Waals surface area contributed by atoms with E-state index in [0.29, 0.717) is 19.1 Å². The van der Waals surface area contributed by atoms with Gasteiger partial charge in [-0.15, -0.1) is 0 Å². The van der Waals surface area contributed by atoms with Gasteiger partial charge < -0.3 is 19.5 Å². The van der Waals surface area contributed by atoms with Gasteiger partial charge in [-0.3, -0.25) is 0 Å². The van der Waals surface area contributed by atoms with Gasteiger partial charge >= 0.3 is 5.97 Å². The molecule has 5 nitrogen and oxygen atoms in total. The predicted molar refractivity (Wildman–Crippen MR) is 64.1 cm³/mol. The van der Waals surface area contributed by atoms with E-state index in [-0.39, 0.29) is 0 Å². The molecule has 100 valence electrons. The third-order valence-corrected chi connectivity index (χ3v) is 3.03. The number of carboxylic acids is 1. The molecule has 1 atom stereocenters. The number of hydrogen-bond donors (Lipinski definition) is 1. The van der Waals surface area contributed by atoms with Crippen molar-refractivity contribution < 1.29 is 19.4 Å². The Morgan fingerprint density at radius 2 is 2.18 bits per heavy atom. The first-order valence-corrected chi connectivity index (χ1v) is 6.24. The summed E-state index contributed by atoms with van der Waals surface area (Å²) >= 11 is 0. The summed E-state index contributed by atoms with van der Waals surface area (Å²) in [5.41, 5.74) is 0. The topological polar surface area (TPSA) is 59.0 Å². The van der Waals surface area contributed by atoms with Crippen molar-refractivity contribution in [3.05, 3.63) is 0 Å². The van der Waals surface area contributed by atoms with E-state index in [1.165, 1.54) is 0 Å². The van der Waals surface area contributed by atoms with Crippen LogP contribution in [0.15, 0.2) is 0 Å². The van der Waals surface area contributed by atoms with Crippen molar-refractivity contribution in [2.45, 2.75) is 25.9 Å². The van der Waals surface area contributed by atoms with Gasteiger partial charge in [0.05, 0.1) is 0 Å². The monoisotopic (exact) mass is 245 g/mol. The Bertz CT molecular complexity index is 229. The minimum Gasteiger partial charge on any atom is -0.479 e. The lowest BCUT2D eigenvalue weighted by molar-refractivity contribution is -0.151. The zero-order chi connectivity index (χ0) is 12.7. The fourth-order valence-electron chi connectivity index (χ4n) is 2.13. The molecule has 0 aromatic carbocycles. The summed E-state index contributed by atoms with van der Waals surface area (Å²) in [7, 11) is 1.95. The van der Waals surface area contributed by atoms with Crippen molar-refractivity contribution >= 4 is 5.97 Å². The number of likely N-dealkylation sites (N-methyl/N-ethyl adjacent to an activating group) is 1. The average molecular weight is 245 g/mol. The Labute approximate surface area is 103 Å². The van der Waals surface area contributed by atoms with Crippen molar-refractivity contribution in [1.82, 2.24) is 4.90 Å². The minimum atomic E-state index is -0.884. The van der Waals surface area contributed by atoms with Crippen LogP contribution in [0.4, 0.5) is 0 Å². The normalized spacial score (nSPS) is 19.5. The van der Waals surface area contributed by atoms with Gasteiger partial charge in [-0.25, -0.2) is 4.79 Å². The zero-order valence-electron chi connectivity index (χ0n) is 10.7. The molecule has 0 aromatic heterocycles. The van der Waals surface area contributed by atoms with E-state index in [2.05, 4.69) is 0 Å². The third-order valence-electron chi connectivity index (χ3n) is 3.03. The standard InChI is InChI=1S/C12H23NO4/c1-3-17-11(12(14)15)9-13(2)8-10-4-6-16-7-5-10/h10-11H,3-9H2,1-2H3,(H,14,15). The Hall–Kier alpha value is -0.650. The lowest BCUT2D eigenvalue weighted by Gasteiger charge is -2.28. The van der Waals surface area contributed by atoms with Crippen LogP contribution in [0.1, 0.15) is 19.8 Å². The molecule has 0 radical (unpaired) electrons. The lowest BCUT2D eigenvalue weighted by atomic mass is 10.00. The molecule has 0 spiro atoms. The third kappa shape index (κ3) is 5.48. The molecule has 1 aliphatic rings. The predicted octanol–water partition coefficient (Wildman–Crippen LogP) is 0.835. The van der Waals surface area contributed by atoms with Crippen molar-refractivity contribution in [1.29, 1.82) is 0 Å². The number of aliphatic carboxylic acids is 1. The highest BCUT2D eigenvalue weighted by Crippen LogP contribution is 2.15. The highest BCUT2D eigenvalue weighted by atomic mass is 16.5. The van der Waals surface area contributed by atoms with Crippen molar-refractivity contribution in [3.63, 3.8) is 0 Å². The van der Waals surface area contributed by atoms with Crippen LogP contribution in [0.25, 0.3) is 0 Å². The van der Waals surface area contributed by atoms with E-state index >= 15 is 0 Å². The number of carboxylic acid groups (broad SMARTS) is 1. The SMILES string of the molecule is CCOC(CN(C)CC1CCOCC1)C(=O)O. The quantitative estimate of drug-likeness (QED) is 0.720. The number of rotatable bonds is 7. The van der Waals surface area contributed by atoms with Crippen molar-refractivity contribution in [2.75, 3.05) is 40.0 Å². The number of hydrogen-bond acceptors (Lipinski definition) is 4. The highest BCUT2D eigenvalue weighted by Gasteiger charge is 2.22. The fourth-order valence-corrected chi connectivity index (χ4v) is 2.13. The first kappa shape index (κ1) is 14.4. The molecule has 1 heterocycles. The van der Waals surface area contributed by atoms with Gasteiger partial charge in [0, 0.05) is 32.9 Å². The summed E-state index contributed by atoms with van der Waals surface area (Å²) in [4.78, 5) is 13.0. The van der Waals surface area contributed by atoms with Gasteiger partial charge in [0.15, 0.2) is 6.10 Å². The molecule has 5 heteroatoms. The maximum absolute atomic E-state index is 10.9. The summed E-state index contributed by atoms with van der Waals surface area (Å²) in [6.07, 6.45) is 1.41. The van der Waals surface area contributed by atoms with E-state index < -0.39 is 12.1 Å². The molecular weight excluding hydrogens is 222 g/mol. The minimum absolute atomic E-state index is 0.433. The summed E-state index contributed by atoms with van der Waals surface area (Å²) in [6, 6.07) is 0. The summed E-state index contributed by atoms with van der Waals surface area (Å²) in [5, 5.41) is 8.99. The van der Waals surface area contributed by atoms with Gasteiger partial charge in [-0.1, -0.05) is 0 Å². The van der Waals surface area contributed by atoms with Crippen LogP contribution in [0.3, 0.4) is 0 Å². The number of nitrogens with zero attached hydrogens (tertiary/aromatic N) is 1. The van der Waals surface area contributed by atoms with E-state index in [0.717, 1.165) is 32.6 Å². The van der Waals surface area contributed by atoms with Crippen LogP contribution < -0.4 is 0 Å². The second kappa shape index (κ2) is 7.63. The second-order valence-corrected chi connectivity index (χ2v) is 4.56. The van der Waals surface area contributed by atoms with E-state index in [1.54, 1.807) is 0 Å². The summed E-state index contributed by atoms with van der Waals surface area (Å²) < 4.78 is 10.5. The van der Waals surface area contributed by atoms with E-state index in [9.17, 15) is 4.79 Å². The summed E-state index contributed by atoms with van der Waals surface area (Å²) in [6.45, 7) is 5.26. The number of carbonyl (C=O) groups is 1. The Morgan fingerprint density at radius 1 is 1.53 bits per heavy atom. The van der Waals surface area contributed by atoms with E-state index in [4.69, 9.17) is 14.6 Å². The van der Waals surface area contributed by atoms with Crippen LogP contribution in [0.5, 0.6) is 0 Å². The molecule has 1 fully saturated rings. The molecule has 0 saturated carbocycles. The van der Waals surface area contributed by atoms with Crippen LogP contribution in [-0.2, 0) is 14.3 Å². The van der Waals surface area contributed by atoms with Crippen LogP contribution >= 0.6 is 0 Å². The molecular formula is C12H23NO4. The Balaban J connectivity index is 2.30. The molecule has 0 bridgehead atoms. The van der Waals surface area contributed by atoms with Gasteiger partial charge in [-0.2, -0.15) is 0 Å². The maximum Gasteiger partial charge on any atom is 0.334 e. The van der Waals surface area contributed by atoms with E-state index in [1.807, 2.05) is 18.9 Å². The number of ether oxygens (including phenoxy) is 2. The molecule has 1 saturated heterocycles. The second-order valence-electron chi connectivity index (χ2n) is 4.56. The lowest BCUT2D eigenvalue weighted by Crippen LogP contribution is -2.39. The molecule has 17 heavy (non-hydrogen) atoms. The van der Waals surface area contributed by atoms with Crippen LogP contribution in [0.2, 0.25) is 0 Å². The van der Waals surface area contributed by atoms with Gasteiger partial charge in [0.2, 0.25) is 0 Å². The Kier molecular flexibility index (Phi) is 6.47. The Morgan fingerprint density at radius 3 is 2.71 bits per heavy atom. The molecule has 1 rings (SSSR count). The maximum atomic E-state index is 10.9. The van der Waals surface area contributed by atoms with Gasteiger partial charge in [0.1, 0.15) is 0 Å². The van der Waals surface area contributed by atoms with Crippen molar-refractivity contribution in [2.24, 2.45) is 5.92 Å². The van der Waals surface area contributed by atoms with Crippen LogP contribution in [-0.4, -0.2) is 62.0 Å². The molecule has 0 aromatic rings. The van der Waals surface area contributed by atoms with Gasteiger partial charge in [0.25, 0.3) is 0 Å². The largest absolute Gasteiger partial charge is 0.479 e. The summed E-state index contributed by atoms with van der Waals surface area (Å²) in [5.74, 6) is -0.268. The van der Waals surface area contributed by atoms with Gasteiger partial charge in [-0.05, 0) is 32.7 Å². The molecule has 0 aliphatic carbocycles. The molecule has 0 amide bonds. The molecule has 1 unspecified atom stereocenters. The zero-order valence-corrected chi connectivity index (χ0v) is 10.7. The van der Waals surface area contributed by atoms with Crippen molar-refractivity contribution in [3.8, 4) is 0 Å². The first-order valence-electron chi connectivity index (χ1n) is 6.24.